The Kier molecular flexibility index (Phi) is 5.74. The van der Waals surface area contributed by atoms with Crippen molar-refractivity contribution < 1.29 is 37.4 Å². The molecule has 0 radical (unpaired) electrons. The second kappa shape index (κ2) is 7.22. The summed E-state index contributed by atoms with van der Waals surface area (Å²) in [6.07, 6.45) is -6.94. The lowest BCUT2D eigenvalue weighted by Gasteiger charge is -2.40. The Hall–Kier alpha value is -1.07. The van der Waals surface area contributed by atoms with Gasteiger partial charge < -0.3 is 24.8 Å². The molecule has 0 spiro atoms. The summed E-state index contributed by atoms with van der Waals surface area (Å²) in [5.74, 6) is 0. The van der Waals surface area contributed by atoms with E-state index in [1.165, 1.54) is 19.2 Å². The van der Waals surface area contributed by atoms with Crippen LogP contribution in [0.4, 0.5) is 0 Å². The van der Waals surface area contributed by atoms with Gasteiger partial charge in [0, 0.05) is 7.11 Å². The SMILES string of the molecule is CO[C@H]1O[C@@H](CO)[C@@H](O)[C@@H](O)[C@@H]1OS(=O)(=O)c1ccc(C)cc1. The standard InChI is InChI=1S/C14H20O8S/c1-8-3-5-9(6-4-8)23(18,19)22-13-12(17)11(16)10(7-15)21-14(13)20-2/h3-6,10-17H,7H2,1-2H3/t10-,11+,12+,13-,14-/m0/s1. The van der Waals surface area contributed by atoms with Crippen molar-refractivity contribution in [2.24, 2.45) is 0 Å². The molecule has 1 heterocycles. The number of rotatable bonds is 5. The van der Waals surface area contributed by atoms with Gasteiger partial charge in [-0.1, -0.05) is 17.7 Å². The summed E-state index contributed by atoms with van der Waals surface area (Å²) in [5.41, 5.74) is 0.876. The molecule has 1 aromatic rings. The largest absolute Gasteiger partial charge is 0.394 e. The van der Waals surface area contributed by atoms with E-state index in [0.717, 1.165) is 5.56 Å². The minimum atomic E-state index is -4.19. The van der Waals surface area contributed by atoms with Crippen LogP contribution in [0.1, 0.15) is 5.56 Å². The monoisotopic (exact) mass is 348 g/mol. The summed E-state index contributed by atoms with van der Waals surface area (Å²) in [5, 5.41) is 29.0. The highest BCUT2D eigenvalue weighted by Gasteiger charge is 2.47. The van der Waals surface area contributed by atoms with Crippen LogP contribution in [-0.2, 0) is 23.8 Å². The van der Waals surface area contributed by atoms with Gasteiger partial charge in [-0.25, -0.2) is 0 Å². The number of hydrogen-bond donors (Lipinski definition) is 3. The summed E-state index contributed by atoms with van der Waals surface area (Å²) in [6.45, 7) is 1.25. The first-order valence-electron chi connectivity index (χ1n) is 6.95. The Labute approximate surface area is 134 Å². The first-order chi connectivity index (χ1) is 10.8. The molecule has 130 valence electrons. The van der Waals surface area contributed by atoms with Crippen molar-refractivity contribution in [2.75, 3.05) is 13.7 Å². The van der Waals surface area contributed by atoms with E-state index in [-0.39, 0.29) is 4.90 Å². The van der Waals surface area contributed by atoms with Gasteiger partial charge in [0.2, 0.25) is 0 Å². The van der Waals surface area contributed by atoms with Crippen molar-refractivity contribution in [1.29, 1.82) is 0 Å². The van der Waals surface area contributed by atoms with E-state index in [2.05, 4.69) is 0 Å². The van der Waals surface area contributed by atoms with Crippen LogP contribution >= 0.6 is 0 Å². The number of aliphatic hydroxyl groups is 3. The third-order valence-electron chi connectivity index (χ3n) is 3.60. The quantitative estimate of drug-likeness (QED) is 0.589. The predicted molar refractivity (Wildman–Crippen MR) is 78.0 cm³/mol. The molecule has 5 atom stereocenters. The highest BCUT2D eigenvalue weighted by molar-refractivity contribution is 7.86. The van der Waals surface area contributed by atoms with E-state index in [1.807, 2.05) is 6.92 Å². The molecule has 0 amide bonds. The van der Waals surface area contributed by atoms with Crippen LogP contribution in [0.2, 0.25) is 0 Å². The zero-order valence-electron chi connectivity index (χ0n) is 12.7. The minimum Gasteiger partial charge on any atom is -0.394 e. The Morgan fingerprint density at radius 3 is 2.30 bits per heavy atom. The fraction of sp³-hybridized carbons (Fsp3) is 0.571. The topological polar surface area (TPSA) is 123 Å². The lowest BCUT2D eigenvalue weighted by atomic mass is 9.99. The number of ether oxygens (including phenoxy) is 2. The van der Waals surface area contributed by atoms with Crippen LogP contribution in [0.15, 0.2) is 29.2 Å². The van der Waals surface area contributed by atoms with Crippen LogP contribution < -0.4 is 0 Å². The van der Waals surface area contributed by atoms with E-state index < -0.39 is 47.4 Å². The maximum absolute atomic E-state index is 12.3. The smallest absolute Gasteiger partial charge is 0.297 e. The fourth-order valence-corrected chi connectivity index (χ4v) is 3.33. The molecule has 1 fully saturated rings. The van der Waals surface area contributed by atoms with Crippen molar-refractivity contribution in [1.82, 2.24) is 0 Å². The van der Waals surface area contributed by atoms with Crippen molar-refractivity contribution in [3.8, 4) is 0 Å². The zero-order valence-corrected chi connectivity index (χ0v) is 13.5. The van der Waals surface area contributed by atoms with Gasteiger partial charge in [0.05, 0.1) is 11.5 Å². The van der Waals surface area contributed by atoms with E-state index >= 15 is 0 Å². The van der Waals surface area contributed by atoms with E-state index in [4.69, 9.17) is 18.8 Å². The van der Waals surface area contributed by atoms with Gasteiger partial charge in [-0.3, -0.25) is 4.18 Å². The van der Waals surface area contributed by atoms with Gasteiger partial charge in [0.1, 0.15) is 18.3 Å². The molecule has 23 heavy (non-hydrogen) atoms. The van der Waals surface area contributed by atoms with Gasteiger partial charge in [0.15, 0.2) is 12.4 Å². The third kappa shape index (κ3) is 3.89. The Balaban J connectivity index is 2.24. The molecule has 8 nitrogen and oxygen atoms in total. The average molecular weight is 348 g/mol. The summed E-state index contributed by atoms with van der Waals surface area (Å²) in [4.78, 5) is -0.0936. The van der Waals surface area contributed by atoms with Gasteiger partial charge in [-0.05, 0) is 19.1 Å². The van der Waals surface area contributed by atoms with Crippen LogP contribution in [0.25, 0.3) is 0 Å². The molecule has 1 saturated heterocycles. The molecule has 0 aromatic heterocycles. The molecule has 0 aliphatic carbocycles. The van der Waals surface area contributed by atoms with Gasteiger partial charge in [-0.2, -0.15) is 8.42 Å². The second-order valence-corrected chi connectivity index (χ2v) is 6.84. The predicted octanol–water partition coefficient (Wildman–Crippen LogP) is -0.846. The molecule has 0 saturated carbocycles. The molecular formula is C14H20O8S. The number of methoxy groups -OCH3 is 1. The lowest BCUT2D eigenvalue weighted by molar-refractivity contribution is -0.288. The van der Waals surface area contributed by atoms with Crippen molar-refractivity contribution in [2.45, 2.75) is 42.5 Å². The number of hydrogen-bond acceptors (Lipinski definition) is 8. The normalized spacial score (nSPS) is 32.0. The summed E-state index contributed by atoms with van der Waals surface area (Å²) >= 11 is 0. The van der Waals surface area contributed by atoms with Gasteiger partial charge in [0.25, 0.3) is 10.1 Å². The summed E-state index contributed by atoms with van der Waals surface area (Å²) in [6, 6.07) is 5.95. The molecule has 1 aromatic carbocycles. The van der Waals surface area contributed by atoms with E-state index in [1.54, 1.807) is 12.1 Å². The Bertz CT molecular complexity index is 612. The van der Waals surface area contributed by atoms with Crippen LogP contribution in [0.3, 0.4) is 0 Å². The van der Waals surface area contributed by atoms with E-state index in [0.29, 0.717) is 0 Å². The number of aryl methyl sites for hydroxylation is 1. The molecule has 0 bridgehead atoms. The first kappa shape index (κ1) is 18.3. The van der Waals surface area contributed by atoms with Gasteiger partial charge >= 0.3 is 0 Å². The maximum atomic E-state index is 12.3. The minimum absolute atomic E-state index is 0.0936. The molecule has 1 aliphatic heterocycles. The van der Waals surface area contributed by atoms with Crippen LogP contribution in [0, 0.1) is 6.92 Å². The van der Waals surface area contributed by atoms with Crippen LogP contribution in [0.5, 0.6) is 0 Å². The highest BCUT2D eigenvalue weighted by Crippen LogP contribution is 2.27. The van der Waals surface area contributed by atoms with Crippen molar-refractivity contribution >= 4 is 10.1 Å². The fourth-order valence-electron chi connectivity index (χ4n) is 2.26. The molecular weight excluding hydrogens is 328 g/mol. The maximum Gasteiger partial charge on any atom is 0.297 e. The Morgan fingerprint density at radius 1 is 1.17 bits per heavy atom. The number of aliphatic hydroxyl groups excluding tert-OH is 3. The highest BCUT2D eigenvalue weighted by atomic mass is 32.2. The first-order valence-corrected chi connectivity index (χ1v) is 8.36. The van der Waals surface area contributed by atoms with Crippen molar-refractivity contribution in [3.05, 3.63) is 29.8 Å². The zero-order chi connectivity index (χ0) is 17.2. The third-order valence-corrected chi connectivity index (χ3v) is 4.93. The summed E-state index contributed by atoms with van der Waals surface area (Å²) in [7, 11) is -2.96. The second-order valence-electron chi connectivity index (χ2n) is 5.27. The molecule has 3 N–H and O–H groups in total. The Morgan fingerprint density at radius 2 is 1.78 bits per heavy atom. The van der Waals surface area contributed by atoms with E-state index in [9.17, 15) is 18.6 Å². The lowest BCUT2D eigenvalue weighted by Crippen LogP contribution is -2.60. The van der Waals surface area contributed by atoms with Gasteiger partial charge in [-0.15, -0.1) is 0 Å². The average Bonchev–Trinajstić information content (AvgIpc) is 2.52. The number of benzene rings is 1. The molecule has 9 heteroatoms. The summed E-state index contributed by atoms with van der Waals surface area (Å²) < 4.78 is 39.8. The van der Waals surface area contributed by atoms with Crippen LogP contribution in [-0.4, -0.2) is 68.2 Å². The molecule has 0 unspecified atom stereocenters. The molecule has 1 aliphatic rings. The molecule has 2 rings (SSSR count). The van der Waals surface area contributed by atoms with Crippen molar-refractivity contribution in [3.63, 3.8) is 0 Å².